The number of hydrogen-bond acceptors (Lipinski definition) is 2. The lowest BCUT2D eigenvalue weighted by Crippen LogP contribution is -2.00. The van der Waals surface area contributed by atoms with E-state index in [9.17, 15) is 9.50 Å². The van der Waals surface area contributed by atoms with Crippen molar-refractivity contribution in [2.24, 2.45) is 0 Å². The summed E-state index contributed by atoms with van der Waals surface area (Å²) in [7, 11) is 0. The number of halogens is 1. The maximum atomic E-state index is 13.1. The van der Waals surface area contributed by atoms with E-state index in [1.54, 1.807) is 18.2 Å². The van der Waals surface area contributed by atoms with Crippen LogP contribution in [-0.2, 0) is 6.54 Å². The zero-order valence-corrected chi connectivity index (χ0v) is 10.8. The van der Waals surface area contributed by atoms with Crippen molar-refractivity contribution in [1.82, 2.24) is 0 Å². The third-order valence-electron chi connectivity index (χ3n) is 3.31. The number of phenols is 1. The lowest BCUT2D eigenvalue weighted by Gasteiger charge is -2.11. The Labute approximate surface area is 116 Å². The summed E-state index contributed by atoms with van der Waals surface area (Å²) >= 11 is 0. The van der Waals surface area contributed by atoms with Crippen LogP contribution < -0.4 is 5.32 Å². The van der Waals surface area contributed by atoms with Gasteiger partial charge in [0.25, 0.3) is 0 Å². The quantitative estimate of drug-likeness (QED) is 0.741. The van der Waals surface area contributed by atoms with E-state index < -0.39 is 0 Å². The van der Waals surface area contributed by atoms with Crippen molar-refractivity contribution in [3.05, 3.63) is 72.0 Å². The maximum absolute atomic E-state index is 13.1. The van der Waals surface area contributed by atoms with Crippen molar-refractivity contribution in [1.29, 1.82) is 0 Å². The van der Waals surface area contributed by atoms with Crippen molar-refractivity contribution in [2.45, 2.75) is 6.54 Å². The predicted molar refractivity (Wildman–Crippen MR) is 79.3 cm³/mol. The second-order valence-electron chi connectivity index (χ2n) is 4.65. The second-order valence-corrected chi connectivity index (χ2v) is 4.65. The van der Waals surface area contributed by atoms with Crippen molar-refractivity contribution < 1.29 is 9.50 Å². The fraction of sp³-hybridized carbons (Fsp3) is 0.0588. The summed E-state index contributed by atoms with van der Waals surface area (Å²) in [5.74, 6) is -0.0373. The van der Waals surface area contributed by atoms with Crippen LogP contribution in [-0.4, -0.2) is 5.11 Å². The standard InChI is InChI=1S/C17H14FNO/c18-13-5-3-6-14(10-13)19-11-16-15-7-2-1-4-12(15)8-9-17(16)20/h1-10,19-20H,11H2. The van der Waals surface area contributed by atoms with Gasteiger partial charge in [0.2, 0.25) is 0 Å². The lowest BCUT2D eigenvalue weighted by atomic mass is 10.0. The number of anilines is 1. The first kappa shape index (κ1) is 12.5. The number of aromatic hydroxyl groups is 1. The van der Waals surface area contributed by atoms with Gasteiger partial charge < -0.3 is 10.4 Å². The summed E-state index contributed by atoms with van der Waals surface area (Å²) in [6.07, 6.45) is 0. The number of nitrogens with one attached hydrogen (secondary N) is 1. The van der Waals surface area contributed by atoms with E-state index in [0.29, 0.717) is 12.2 Å². The number of phenolic OH excluding ortho intramolecular Hbond substituents is 1. The average Bonchev–Trinajstić information content (AvgIpc) is 2.46. The molecule has 0 saturated carbocycles. The highest BCUT2D eigenvalue weighted by molar-refractivity contribution is 5.87. The zero-order valence-electron chi connectivity index (χ0n) is 10.8. The molecule has 0 heterocycles. The Morgan fingerprint density at radius 3 is 2.65 bits per heavy atom. The molecule has 0 radical (unpaired) electrons. The highest BCUT2D eigenvalue weighted by atomic mass is 19.1. The zero-order chi connectivity index (χ0) is 13.9. The molecule has 0 unspecified atom stereocenters. The van der Waals surface area contributed by atoms with Crippen molar-refractivity contribution in [3.8, 4) is 5.75 Å². The van der Waals surface area contributed by atoms with Crippen LogP contribution in [0.5, 0.6) is 5.75 Å². The van der Waals surface area contributed by atoms with Crippen LogP contribution in [0, 0.1) is 5.82 Å². The number of benzene rings is 3. The summed E-state index contributed by atoms with van der Waals surface area (Å²) in [5.41, 5.74) is 1.50. The second kappa shape index (κ2) is 5.21. The van der Waals surface area contributed by atoms with Gasteiger partial charge in [-0.3, -0.25) is 0 Å². The molecule has 20 heavy (non-hydrogen) atoms. The van der Waals surface area contributed by atoms with Gasteiger partial charge in [-0.05, 0) is 35.0 Å². The predicted octanol–water partition coefficient (Wildman–Crippen LogP) is 4.30. The van der Waals surface area contributed by atoms with E-state index in [1.165, 1.54) is 12.1 Å². The van der Waals surface area contributed by atoms with Crippen LogP contribution in [0.25, 0.3) is 10.8 Å². The lowest BCUT2D eigenvalue weighted by molar-refractivity contribution is 0.470. The van der Waals surface area contributed by atoms with E-state index in [0.717, 1.165) is 16.3 Å². The highest BCUT2D eigenvalue weighted by Crippen LogP contribution is 2.27. The molecule has 0 saturated heterocycles. The molecule has 3 rings (SSSR count). The molecule has 0 aliphatic carbocycles. The number of hydrogen-bond donors (Lipinski definition) is 2. The van der Waals surface area contributed by atoms with Gasteiger partial charge in [-0.2, -0.15) is 0 Å². The molecule has 100 valence electrons. The molecule has 2 nitrogen and oxygen atoms in total. The first-order chi connectivity index (χ1) is 9.74. The Morgan fingerprint density at radius 1 is 0.950 bits per heavy atom. The SMILES string of the molecule is Oc1ccc2ccccc2c1CNc1cccc(F)c1. The van der Waals surface area contributed by atoms with Gasteiger partial charge in [-0.15, -0.1) is 0 Å². The molecular weight excluding hydrogens is 253 g/mol. The molecule has 0 amide bonds. The summed E-state index contributed by atoms with van der Waals surface area (Å²) in [6.45, 7) is 0.441. The molecule has 0 fully saturated rings. The maximum Gasteiger partial charge on any atom is 0.125 e. The van der Waals surface area contributed by atoms with Gasteiger partial charge in [0.05, 0.1) is 0 Å². The summed E-state index contributed by atoms with van der Waals surface area (Å²) < 4.78 is 13.1. The van der Waals surface area contributed by atoms with Gasteiger partial charge in [0.1, 0.15) is 11.6 Å². The molecule has 3 heteroatoms. The Kier molecular flexibility index (Phi) is 3.25. The fourth-order valence-corrected chi connectivity index (χ4v) is 2.30. The summed E-state index contributed by atoms with van der Waals surface area (Å²) in [4.78, 5) is 0. The minimum Gasteiger partial charge on any atom is -0.508 e. The topological polar surface area (TPSA) is 32.3 Å². The molecule has 0 atom stereocenters. The third-order valence-corrected chi connectivity index (χ3v) is 3.31. The molecule has 0 aromatic heterocycles. The Bertz CT molecular complexity index is 755. The summed E-state index contributed by atoms with van der Waals surface area (Å²) in [6, 6.07) is 17.7. The van der Waals surface area contributed by atoms with Crippen LogP contribution in [0.1, 0.15) is 5.56 Å². The molecule has 3 aromatic rings. The van der Waals surface area contributed by atoms with Gasteiger partial charge in [-0.25, -0.2) is 4.39 Å². The molecule has 0 aliphatic heterocycles. The van der Waals surface area contributed by atoms with Crippen molar-refractivity contribution in [3.63, 3.8) is 0 Å². The van der Waals surface area contributed by atoms with Gasteiger partial charge in [0.15, 0.2) is 0 Å². The minimum atomic E-state index is -0.280. The van der Waals surface area contributed by atoms with Crippen molar-refractivity contribution >= 4 is 16.5 Å². The van der Waals surface area contributed by atoms with E-state index in [-0.39, 0.29) is 11.6 Å². The number of rotatable bonds is 3. The smallest absolute Gasteiger partial charge is 0.125 e. The molecule has 0 bridgehead atoms. The van der Waals surface area contributed by atoms with Gasteiger partial charge in [0, 0.05) is 17.8 Å². The van der Waals surface area contributed by atoms with Crippen LogP contribution in [0.3, 0.4) is 0 Å². The van der Waals surface area contributed by atoms with E-state index in [4.69, 9.17) is 0 Å². The van der Waals surface area contributed by atoms with Crippen LogP contribution in [0.2, 0.25) is 0 Å². The van der Waals surface area contributed by atoms with Gasteiger partial charge in [-0.1, -0.05) is 36.4 Å². The van der Waals surface area contributed by atoms with Gasteiger partial charge >= 0.3 is 0 Å². The van der Waals surface area contributed by atoms with E-state index >= 15 is 0 Å². The first-order valence-electron chi connectivity index (χ1n) is 6.43. The summed E-state index contributed by atoms with van der Waals surface area (Å²) in [5, 5.41) is 15.2. The van der Waals surface area contributed by atoms with E-state index in [2.05, 4.69) is 5.32 Å². The molecule has 2 N–H and O–H groups in total. The average molecular weight is 267 g/mol. The molecule has 0 aliphatic rings. The minimum absolute atomic E-state index is 0.243. The van der Waals surface area contributed by atoms with Crippen LogP contribution in [0.15, 0.2) is 60.7 Å². The highest BCUT2D eigenvalue weighted by Gasteiger charge is 2.06. The third kappa shape index (κ3) is 2.43. The largest absolute Gasteiger partial charge is 0.508 e. The van der Waals surface area contributed by atoms with Crippen LogP contribution in [0.4, 0.5) is 10.1 Å². The normalized spacial score (nSPS) is 10.7. The first-order valence-corrected chi connectivity index (χ1v) is 6.43. The Balaban J connectivity index is 1.92. The molecule has 3 aromatic carbocycles. The Hall–Kier alpha value is -2.55. The number of fused-ring (bicyclic) bond motifs is 1. The molecule has 0 spiro atoms. The fourth-order valence-electron chi connectivity index (χ4n) is 2.30. The molecular formula is C17H14FNO. The Morgan fingerprint density at radius 2 is 1.80 bits per heavy atom. The van der Waals surface area contributed by atoms with Crippen LogP contribution >= 0.6 is 0 Å². The monoisotopic (exact) mass is 267 g/mol. The van der Waals surface area contributed by atoms with Crippen molar-refractivity contribution in [2.75, 3.05) is 5.32 Å². The van der Waals surface area contributed by atoms with E-state index in [1.807, 2.05) is 30.3 Å².